The molecule has 1 aromatic rings. The van der Waals surface area contributed by atoms with Crippen molar-refractivity contribution in [3.05, 3.63) is 34.9 Å². The minimum absolute atomic E-state index is 0.0542. The van der Waals surface area contributed by atoms with E-state index in [0.717, 1.165) is 6.26 Å². The first kappa shape index (κ1) is 21.5. The van der Waals surface area contributed by atoms with Crippen molar-refractivity contribution in [3.8, 4) is 0 Å². The number of sulfonamides is 1. The molecule has 0 saturated carbocycles. The summed E-state index contributed by atoms with van der Waals surface area (Å²) in [6.45, 7) is 0.195. The summed E-state index contributed by atoms with van der Waals surface area (Å²) < 4.78 is 101. The minimum atomic E-state index is -5.04. The number of nitrogens with one attached hydrogen (secondary N) is 1. The Kier molecular flexibility index (Phi) is 5.81. The van der Waals surface area contributed by atoms with Gasteiger partial charge < -0.3 is 5.32 Å². The largest absolute Gasteiger partial charge is 0.416 e. The van der Waals surface area contributed by atoms with Gasteiger partial charge in [-0.1, -0.05) is 0 Å². The Morgan fingerprint density at radius 1 is 1.00 bits per heavy atom. The van der Waals surface area contributed by atoms with Crippen LogP contribution in [0.1, 0.15) is 34.3 Å². The predicted molar refractivity (Wildman–Crippen MR) is 83.4 cm³/mol. The molecule has 1 aliphatic rings. The molecule has 0 atom stereocenters. The molecule has 2 rings (SSSR count). The van der Waals surface area contributed by atoms with Crippen molar-refractivity contribution in [1.82, 2.24) is 9.62 Å². The summed E-state index contributed by atoms with van der Waals surface area (Å²) in [6.07, 6.45) is -8.67. The smallest absolute Gasteiger partial charge is 0.349 e. The number of carbonyl (C=O) groups is 1. The molecular weight excluding hydrogens is 402 g/mol. The van der Waals surface area contributed by atoms with E-state index < -0.39 is 51.0 Å². The van der Waals surface area contributed by atoms with Crippen molar-refractivity contribution in [3.63, 3.8) is 0 Å². The van der Waals surface area contributed by atoms with Crippen LogP contribution in [0.5, 0.6) is 0 Å². The second kappa shape index (κ2) is 7.30. The molecule has 0 bridgehead atoms. The van der Waals surface area contributed by atoms with Gasteiger partial charge in [0.15, 0.2) is 0 Å². The van der Waals surface area contributed by atoms with Gasteiger partial charge in [-0.25, -0.2) is 12.7 Å². The van der Waals surface area contributed by atoms with Gasteiger partial charge in [0.25, 0.3) is 5.91 Å². The quantitative estimate of drug-likeness (QED) is 0.768. The van der Waals surface area contributed by atoms with Gasteiger partial charge in [0, 0.05) is 24.7 Å². The third-order valence-electron chi connectivity index (χ3n) is 4.11. The van der Waals surface area contributed by atoms with E-state index in [0.29, 0.717) is 12.1 Å². The third kappa shape index (κ3) is 5.58. The van der Waals surface area contributed by atoms with E-state index in [4.69, 9.17) is 0 Å². The summed E-state index contributed by atoms with van der Waals surface area (Å²) in [4.78, 5) is 12.2. The van der Waals surface area contributed by atoms with Crippen molar-refractivity contribution >= 4 is 15.9 Å². The Balaban J connectivity index is 2.19. The van der Waals surface area contributed by atoms with Gasteiger partial charge in [-0.05, 0) is 31.0 Å². The summed E-state index contributed by atoms with van der Waals surface area (Å²) in [7, 11) is -3.40. The number of amides is 1. The summed E-state index contributed by atoms with van der Waals surface area (Å²) in [6, 6.07) is 0.104. The maximum Gasteiger partial charge on any atom is 0.416 e. The zero-order chi connectivity index (χ0) is 20.6. The van der Waals surface area contributed by atoms with Crippen molar-refractivity contribution in [2.45, 2.75) is 31.2 Å². The average Bonchev–Trinajstić information content (AvgIpc) is 2.52. The van der Waals surface area contributed by atoms with Crippen LogP contribution in [0.25, 0.3) is 0 Å². The molecule has 1 N–H and O–H groups in total. The highest BCUT2D eigenvalue weighted by Crippen LogP contribution is 2.36. The maximum atomic E-state index is 12.9. The predicted octanol–water partition coefficient (Wildman–Crippen LogP) is 2.88. The molecule has 152 valence electrons. The number of hydrogen-bond donors (Lipinski definition) is 1. The first-order valence-corrected chi connectivity index (χ1v) is 9.58. The molecular formula is C15H16F6N2O3S. The fourth-order valence-corrected chi connectivity index (χ4v) is 3.56. The molecule has 1 saturated heterocycles. The van der Waals surface area contributed by atoms with Gasteiger partial charge in [-0.2, -0.15) is 26.3 Å². The monoisotopic (exact) mass is 418 g/mol. The summed E-state index contributed by atoms with van der Waals surface area (Å²) in [5, 5.41) is 2.37. The normalized spacial score (nSPS) is 17.7. The summed E-state index contributed by atoms with van der Waals surface area (Å²) in [5.41, 5.74) is -3.91. The van der Waals surface area contributed by atoms with Crippen molar-refractivity contribution in [2.75, 3.05) is 19.3 Å². The van der Waals surface area contributed by atoms with Crippen LogP contribution in [0.2, 0.25) is 0 Å². The molecule has 1 aliphatic heterocycles. The van der Waals surface area contributed by atoms with Crippen LogP contribution in [-0.2, 0) is 22.4 Å². The zero-order valence-corrected chi connectivity index (χ0v) is 14.8. The molecule has 0 spiro atoms. The highest BCUT2D eigenvalue weighted by molar-refractivity contribution is 7.88. The highest BCUT2D eigenvalue weighted by Gasteiger charge is 2.37. The van der Waals surface area contributed by atoms with Crippen LogP contribution in [0.3, 0.4) is 0 Å². The molecule has 0 aromatic heterocycles. The summed E-state index contributed by atoms with van der Waals surface area (Å²) in [5.74, 6) is -1.08. The van der Waals surface area contributed by atoms with Crippen LogP contribution in [0, 0.1) is 0 Å². The number of halogens is 6. The number of piperidine rings is 1. The fourth-order valence-electron chi connectivity index (χ4n) is 2.69. The van der Waals surface area contributed by atoms with Gasteiger partial charge in [0.1, 0.15) is 0 Å². The molecule has 1 amide bonds. The van der Waals surface area contributed by atoms with E-state index in [1.54, 1.807) is 0 Å². The maximum absolute atomic E-state index is 12.9. The fraction of sp³-hybridized carbons (Fsp3) is 0.533. The third-order valence-corrected chi connectivity index (χ3v) is 5.41. The average molecular weight is 418 g/mol. The first-order chi connectivity index (χ1) is 12.2. The lowest BCUT2D eigenvalue weighted by molar-refractivity contribution is -0.143. The molecule has 0 unspecified atom stereocenters. The SMILES string of the molecule is CS(=O)(=O)N1CCC(NC(=O)c2cc(C(F)(F)F)cc(C(F)(F)F)c2)CC1. The Morgan fingerprint density at radius 3 is 1.81 bits per heavy atom. The highest BCUT2D eigenvalue weighted by atomic mass is 32.2. The molecule has 12 heteroatoms. The van der Waals surface area contributed by atoms with Crippen LogP contribution in [-0.4, -0.2) is 44.0 Å². The van der Waals surface area contributed by atoms with Crippen LogP contribution >= 0.6 is 0 Å². The minimum Gasteiger partial charge on any atom is -0.349 e. The topological polar surface area (TPSA) is 66.5 Å². The molecule has 0 radical (unpaired) electrons. The van der Waals surface area contributed by atoms with Crippen molar-refractivity contribution in [2.24, 2.45) is 0 Å². The van der Waals surface area contributed by atoms with E-state index in [9.17, 15) is 39.6 Å². The van der Waals surface area contributed by atoms with E-state index in [1.165, 1.54) is 4.31 Å². The van der Waals surface area contributed by atoms with Crippen molar-refractivity contribution < 1.29 is 39.6 Å². The van der Waals surface area contributed by atoms with E-state index in [2.05, 4.69) is 5.32 Å². The number of carbonyl (C=O) groups excluding carboxylic acids is 1. The zero-order valence-electron chi connectivity index (χ0n) is 14.0. The second-order valence-electron chi connectivity index (χ2n) is 6.20. The molecule has 5 nitrogen and oxygen atoms in total. The van der Waals surface area contributed by atoms with Crippen LogP contribution < -0.4 is 5.32 Å². The lowest BCUT2D eigenvalue weighted by Crippen LogP contribution is -2.46. The van der Waals surface area contributed by atoms with Gasteiger partial charge in [0.05, 0.1) is 17.4 Å². The second-order valence-corrected chi connectivity index (χ2v) is 8.19. The van der Waals surface area contributed by atoms with Crippen molar-refractivity contribution in [1.29, 1.82) is 0 Å². The first-order valence-electron chi connectivity index (χ1n) is 7.73. The number of rotatable bonds is 3. The van der Waals surface area contributed by atoms with E-state index >= 15 is 0 Å². The standard InChI is InChI=1S/C15H16F6N2O3S/c1-27(25,26)23-4-2-12(3-5-23)22-13(24)9-6-10(14(16,17)18)8-11(7-9)15(19,20)21/h6-8,12H,2-5H2,1H3,(H,22,24). The number of hydrogen-bond acceptors (Lipinski definition) is 3. The molecule has 1 heterocycles. The van der Waals surface area contributed by atoms with E-state index in [1.807, 2.05) is 0 Å². The Labute approximate surface area is 151 Å². The van der Waals surface area contributed by atoms with Gasteiger partial charge in [-0.3, -0.25) is 4.79 Å². The number of alkyl halides is 6. The van der Waals surface area contributed by atoms with Gasteiger partial charge in [0.2, 0.25) is 10.0 Å². The van der Waals surface area contributed by atoms with Gasteiger partial charge >= 0.3 is 12.4 Å². The molecule has 1 fully saturated rings. The Morgan fingerprint density at radius 2 is 1.44 bits per heavy atom. The Bertz CT molecular complexity index is 780. The van der Waals surface area contributed by atoms with Gasteiger partial charge in [-0.15, -0.1) is 0 Å². The summed E-state index contributed by atoms with van der Waals surface area (Å²) >= 11 is 0. The van der Waals surface area contributed by atoms with E-state index in [-0.39, 0.29) is 32.0 Å². The lowest BCUT2D eigenvalue weighted by Gasteiger charge is -2.30. The van der Waals surface area contributed by atoms with Crippen LogP contribution in [0.4, 0.5) is 26.3 Å². The molecule has 1 aromatic carbocycles. The van der Waals surface area contributed by atoms with Crippen LogP contribution in [0.15, 0.2) is 18.2 Å². The lowest BCUT2D eigenvalue weighted by atomic mass is 10.0. The molecule has 27 heavy (non-hydrogen) atoms. The molecule has 0 aliphatic carbocycles. The number of nitrogens with zero attached hydrogens (tertiary/aromatic N) is 1. The Hall–Kier alpha value is -1.82. The number of benzene rings is 1.